The van der Waals surface area contributed by atoms with Crippen molar-refractivity contribution < 1.29 is 4.79 Å². The van der Waals surface area contributed by atoms with Crippen molar-refractivity contribution in [2.24, 2.45) is 5.92 Å². The van der Waals surface area contributed by atoms with E-state index in [0.29, 0.717) is 18.0 Å². The summed E-state index contributed by atoms with van der Waals surface area (Å²) >= 11 is 0. The minimum Gasteiger partial charge on any atom is -0.358 e. The monoisotopic (exact) mass is 255 g/mol. The highest BCUT2D eigenvalue weighted by atomic mass is 16.2. The van der Waals surface area contributed by atoms with Gasteiger partial charge in [-0.05, 0) is 39.2 Å². The minimum atomic E-state index is -0.0490. The van der Waals surface area contributed by atoms with Crippen LogP contribution in [0.25, 0.3) is 0 Å². The summed E-state index contributed by atoms with van der Waals surface area (Å²) in [4.78, 5) is 14.3. The largest absolute Gasteiger partial charge is 0.358 e. The Hall–Kier alpha value is -0.610. The SMILES string of the molecule is CNC(=O)C(CC(C)C)NC1CCN(C(C)C)C1. The molecule has 2 N–H and O–H groups in total. The summed E-state index contributed by atoms with van der Waals surface area (Å²) in [5, 5.41) is 6.29. The van der Waals surface area contributed by atoms with Crippen LogP contribution in [0.4, 0.5) is 0 Å². The molecule has 1 fully saturated rings. The number of carbonyl (C=O) groups excluding carboxylic acids is 1. The lowest BCUT2D eigenvalue weighted by molar-refractivity contribution is -0.123. The van der Waals surface area contributed by atoms with Gasteiger partial charge >= 0.3 is 0 Å². The molecule has 2 atom stereocenters. The lowest BCUT2D eigenvalue weighted by atomic mass is 10.0. The molecule has 1 aliphatic rings. The topological polar surface area (TPSA) is 44.4 Å². The predicted molar refractivity (Wildman–Crippen MR) is 75.6 cm³/mol. The van der Waals surface area contributed by atoms with Gasteiger partial charge in [0.1, 0.15) is 0 Å². The zero-order valence-electron chi connectivity index (χ0n) is 12.5. The van der Waals surface area contributed by atoms with Gasteiger partial charge in [-0.3, -0.25) is 9.69 Å². The molecule has 2 unspecified atom stereocenters. The highest BCUT2D eigenvalue weighted by Crippen LogP contribution is 2.14. The van der Waals surface area contributed by atoms with Crippen molar-refractivity contribution in [2.75, 3.05) is 20.1 Å². The fraction of sp³-hybridized carbons (Fsp3) is 0.929. The van der Waals surface area contributed by atoms with Crippen molar-refractivity contribution in [3.63, 3.8) is 0 Å². The number of amides is 1. The second-order valence-electron chi connectivity index (χ2n) is 6.04. The van der Waals surface area contributed by atoms with E-state index in [1.807, 2.05) is 0 Å². The summed E-state index contributed by atoms with van der Waals surface area (Å²) < 4.78 is 0. The summed E-state index contributed by atoms with van der Waals surface area (Å²) in [6, 6.07) is 1.00. The van der Waals surface area contributed by atoms with Crippen LogP contribution in [0.5, 0.6) is 0 Å². The third-order valence-corrected chi connectivity index (χ3v) is 3.66. The fourth-order valence-corrected chi connectivity index (χ4v) is 2.57. The zero-order valence-corrected chi connectivity index (χ0v) is 12.5. The molecule has 1 rings (SSSR count). The normalized spacial score (nSPS) is 22.7. The molecule has 0 aromatic heterocycles. The molecule has 1 amide bonds. The Kier molecular flexibility index (Phi) is 6.09. The van der Waals surface area contributed by atoms with Crippen LogP contribution in [-0.2, 0) is 4.79 Å². The molecule has 0 aliphatic carbocycles. The molecule has 106 valence electrons. The lowest BCUT2D eigenvalue weighted by Gasteiger charge is -2.24. The maximum atomic E-state index is 11.9. The molecule has 0 saturated carbocycles. The third-order valence-electron chi connectivity index (χ3n) is 3.66. The molecule has 1 aliphatic heterocycles. The molecule has 0 radical (unpaired) electrons. The van der Waals surface area contributed by atoms with Crippen molar-refractivity contribution >= 4 is 5.91 Å². The van der Waals surface area contributed by atoms with E-state index in [0.717, 1.165) is 25.9 Å². The number of nitrogens with one attached hydrogen (secondary N) is 2. The number of rotatable bonds is 6. The molecular formula is C14H29N3O. The Labute approximate surface area is 111 Å². The van der Waals surface area contributed by atoms with E-state index < -0.39 is 0 Å². The number of carbonyl (C=O) groups is 1. The molecule has 18 heavy (non-hydrogen) atoms. The van der Waals surface area contributed by atoms with Gasteiger partial charge in [-0.15, -0.1) is 0 Å². The molecule has 0 bridgehead atoms. The van der Waals surface area contributed by atoms with Crippen molar-refractivity contribution in [1.29, 1.82) is 0 Å². The maximum Gasteiger partial charge on any atom is 0.236 e. The summed E-state index contributed by atoms with van der Waals surface area (Å²) in [6.45, 7) is 11.0. The number of hydrogen-bond donors (Lipinski definition) is 2. The maximum absolute atomic E-state index is 11.9. The third kappa shape index (κ3) is 4.58. The Morgan fingerprint density at radius 2 is 2.00 bits per heavy atom. The van der Waals surface area contributed by atoms with Gasteiger partial charge < -0.3 is 10.6 Å². The average molecular weight is 255 g/mol. The van der Waals surface area contributed by atoms with Crippen LogP contribution < -0.4 is 10.6 Å². The van der Waals surface area contributed by atoms with Gasteiger partial charge in [0.25, 0.3) is 0 Å². The van der Waals surface area contributed by atoms with Crippen LogP contribution in [0.1, 0.15) is 40.5 Å². The Balaban J connectivity index is 2.49. The van der Waals surface area contributed by atoms with Gasteiger partial charge in [0.2, 0.25) is 5.91 Å². The predicted octanol–water partition coefficient (Wildman–Crippen LogP) is 1.22. The van der Waals surface area contributed by atoms with Crippen LogP contribution in [0.15, 0.2) is 0 Å². The van der Waals surface area contributed by atoms with Crippen LogP contribution in [0.2, 0.25) is 0 Å². The fourth-order valence-electron chi connectivity index (χ4n) is 2.57. The zero-order chi connectivity index (χ0) is 13.7. The highest BCUT2D eigenvalue weighted by molar-refractivity contribution is 5.81. The van der Waals surface area contributed by atoms with Crippen molar-refractivity contribution in [3.8, 4) is 0 Å². The van der Waals surface area contributed by atoms with Gasteiger partial charge in [-0.25, -0.2) is 0 Å². The molecule has 1 saturated heterocycles. The van der Waals surface area contributed by atoms with Gasteiger partial charge in [-0.2, -0.15) is 0 Å². The van der Waals surface area contributed by atoms with E-state index in [1.165, 1.54) is 0 Å². The molecule has 1 heterocycles. The van der Waals surface area contributed by atoms with E-state index in [-0.39, 0.29) is 11.9 Å². The van der Waals surface area contributed by atoms with E-state index in [9.17, 15) is 4.79 Å². The van der Waals surface area contributed by atoms with Crippen LogP contribution in [0.3, 0.4) is 0 Å². The first-order chi connectivity index (χ1) is 8.43. The molecule has 4 heteroatoms. The average Bonchev–Trinajstić information content (AvgIpc) is 2.75. The first-order valence-electron chi connectivity index (χ1n) is 7.15. The van der Waals surface area contributed by atoms with E-state index in [1.54, 1.807) is 7.05 Å². The second-order valence-corrected chi connectivity index (χ2v) is 6.04. The molecule has 4 nitrogen and oxygen atoms in total. The van der Waals surface area contributed by atoms with Crippen molar-refractivity contribution in [3.05, 3.63) is 0 Å². The number of hydrogen-bond acceptors (Lipinski definition) is 3. The van der Waals surface area contributed by atoms with Gasteiger partial charge in [-0.1, -0.05) is 13.8 Å². The first-order valence-corrected chi connectivity index (χ1v) is 7.15. The lowest BCUT2D eigenvalue weighted by Crippen LogP contribution is -2.49. The summed E-state index contributed by atoms with van der Waals surface area (Å²) in [7, 11) is 1.71. The Morgan fingerprint density at radius 3 is 2.44 bits per heavy atom. The van der Waals surface area contributed by atoms with Crippen molar-refractivity contribution in [1.82, 2.24) is 15.5 Å². The van der Waals surface area contributed by atoms with Crippen LogP contribution in [0, 0.1) is 5.92 Å². The second kappa shape index (κ2) is 7.10. The Bertz CT molecular complexity index is 266. The molecule has 0 spiro atoms. The number of likely N-dealkylation sites (tertiary alicyclic amines) is 1. The first kappa shape index (κ1) is 15.4. The minimum absolute atomic E-state index is 0.0490. The quantitative estimate of drug-likeness (QED) is 0.750. The van der Waals surface area contributed by atoms with Crippen LogP contribution >= 0.6 is 0 Å². The highest BCUT2D eigenvalue weighted by Gasteiger charge is 2.28. The molecule has 0 aromatic carbocycles. The summed E-state index contributed by atoms with van der Waals surface area (Å²) in [5.74, 6) is 0.647. The summed E-state index contributed by atoms with van der Waals surface area (Å²) in [5.41, 5.74) is 0. The van der Waals surface area contributed by atoms with E-state index in [4.69, 9.17) is 0 Å². The van der Waals surface area contributed by atoms with E-state index in [2.05, 4.69) is 43.2 Å². The summed E-state index contributed by atoms with van der Waals surface area (Å²) in [6.07, 6.45) is 2.04. The van der Waals surface area contributed by atoms with Gasteiger partial charge in [0.15, 0.2) is 0 Å². The van der Waals surface area contributed by atoms with Crippen LogP contribution in [-0.4, -0.2) is 49.1 Å². The number of nitrogens with zero attached hydrogens (tertiary/aromatic N) is 1. The van der Waals surface area contributed by atoms with E-state index >= 15 is 0 Å². The van der Waals surface area contributed by atoms with Gasteiger partial charge in [0, 0.05) is 25.7 Å². The molecular weight excluding hydrogens is 226 g/mol. The standard InChI is InChI=1S/C14H29N3O/c1-10(2)8-13(14(18)15-5)16-12-6-7-17(9-12)11(3)4/h10-13,16H,6-9H2,1-5H3,(H,15,18). The Morgan fingerprint density at radius 1 is 1.33 bits per heavy atom. The smallest absolute Gasteiger partial charge is 0.236 e. The molecule has 0 aromatic rings. The number of likely N-dealkylation sites (N-methyl/N-ethyl adjacent to an activating group) is 1. The van der Waals surface area contributed by atoms with Gasteiger partial charge in [0.05, 0.1) is 6.04 Å². The van der Waals surface area contributed by atoms with Crippen molar-refractivity contribution in [2.45, 2.75) is 58.7 Å².